The van der Waals surface area contributed by atoms with Crippen LogP contribution < -0.4 is 10.6 Å². The SMILES string of the molecule is Cn1c(=O)n(C)c2cc(C=C3SC(=S)N(c4cccc(F)c4)C3=O)ccc21. The van der Waals surface area contributed by atoms with Crippen LogP contribution in [0.1, 0.15) is 5.56 Å². The van der Waals surface area contributed by atoms with Crippen molar-refractivity contribution in [2.75, 3.05) is 4.90 Å². The van der Waals surface area contributed by atoms with Crippen molar-refractivity contribution in [1.82, 2.24) is 9.13 Å². The van der Waals surface area contributed by atoms with E-state index in [4.69, 9.17) is 12.2 Å². The average molecular weight is 399 g/mol. The number of benzene rings is 2. The van der Waals surface area contributed by atoms with Gasteiger partial charge in [0.05, 0.1) is 21.6 Å². The Morgan fingerprint density at radius 1 is 1.04 bits per heavy atom. The molecular weight excluding hydrogens is 385 g/mol. The molecule has 2 aromatic carbocycles. The lowest BCUT2D eigenvalue weighted by molar-refractivity contribution is -0.113. The van der Waals surface area contributed by atoms with Crippen molar-refractivity contribution in [2.45, 2.75) is 0 Å². The third kappa shape index (κ3) is 2.90. The molecule has 0 saturated carbocycles. The number of aryl methyl sites for hydroxylation is 2. The van der Waals surface area contributed by atoms with E-state index in [1.165, 1.54) is 34.9 Å². The van der Waals surface area contributed by atoms with Gasteiger partial charge in [0.2, 0.25) is 0 Å². The monoisotopic (exact) mass is 399 g/mol. The van der Waals surface area contributed by atoms with E-state index in [1.54, 1.807) is 35.4 Å². The summed E-state index contributed by atoms with van der Waals surface area (Å²) in [4.78, 5) is 26.6. The maximum absolute atomic E-state index is 13.5. The number of thioether (sulfide) groups is 1. The molecule has 0 unspecified atom stereocenters. The Labute approximate surface area is 163 Å². The first-order valence-electron chi connectivity index (χ1n) is 8.06. The highest BCUT2D eigenvalue weighted by atomic mass is 32.2. The third-order valence-corrected chi connectivity index (χ3v) is 5.76. The number of imidazole rings is 1. The Bertz CT molecular complexity index is 1210. The van der Waals surface area contributed by atoms with Crippen molar-refractivity contribution in [1.29, 1.82) is 0 Å². The lowest BCUT2D eigenvalue weighted by Crippen LogP contribution is -2.27. The molecule has 3 aromatic rings. The number of thiocarbonyl (C=S) groups is 1. The molecule has 1 saturated heterocycles. The molecule has 8 heteroatoms. The molecule has 5 nitrogen and oxygen atoms in total. The number of nitrogens with zero attached hydrogens (tertiary/aromatic N) is 3. The summed E-state index contributed by atoms with van der Waals surface area (Å²) in [5, 5.41) is 0. The Morgan fingerprint density at radius 3 is 2.52 bits per heavy atom. The first kappa shape index (κ1) is 17.7. The molecule has 1 amide bonds. The van der Waals surface area contributed by atoms with E-state index in [-0.39, 0.29) is 11.6 Å². The van der Waals surface area contributed by atoms with Crippen LogP contribution in [-0.2, 0) is 18.9 Å². The molecule has 0 bridgehead atoms. The van der Waals surface area contributed by atoms with Gasteiger partial charge in [0.25, 0.3) is 5.91 Å². The normalized spacial score (nSPS) is 16.1. The van der Waals surface area contributed by atoms with Crippen LogP contribution in [0.15, 0.2) is 52.2 Å². The second-order valence-electron chi connectivity index (χ2n) is 6.15. The van der Waals surface area contributed by atoms with Crippen molar-refractivity contribution >= 4 is 57.0 Å². The van der Waals surface area contributed by atoms with Crippen LogP contribution in [0.5, 0.6) is 0 Å². The van der Waals surface area contributed by atoms with Crippen LogP contribution >= 0.6 is 24.0 Å². The van der Waals surface area contributed by atoms with Crippen molar-refractivity contribution in [3.05, 3.63) is 69.2 Å². The Morgan fingerprint density at radius 2 is 1.78 bits per heavy atom. The zero-order chi connectivity index (χ0) is 19.3. The van der Waals surface area contributed by atoms with Gasteiger partial charge in [-0.05, 0) is 42.0 Å². The van der Waals surface area contributed by atoms with Gasteiger partial charge < -0.3 is 0 Å². The molecule has 1 aromatic heterocycles. The summed E-state index contributed by atoms with van der Waals surface area (Å²) in [7, 11) is 3.42. The third-order valence-electron chi connectivity index (χ3n) is 4.45. The molecule has 1 aliphatic heterocycles. The van der Waals surface area contributed by atoms with Gasteiger partial charge in [-0.25, -0.2) is 9.18 Å². The van der Waals surface area contributed by atoms with E-state index in [1.807, 2.05) is 18.2 Å². The molecule has 4 rings (SSSR count). The van der Waals surface area contributed by atoms with Gasteiger partial charge >= 0.3 is 5.69 Å². The molecule has 0 atom stereocenters. The highest BCUT2D eigenvalue weighted by molar-refractivity contribution is 8.27. The van der Waals surface area contributed by atoms with Gasteiger partial charge in [-0.1, -0.05) is 36.1 Å². The maximum atomic E-state index is 13.5. The van der Waals surface area contributed by atoms with E-state index in [0.29, 0.717) is 14.9 Å². The van der Waals surface area contributed by atoms with Gasteiger partial charge in [0.15, 0.2) is 4.32 Å². The minimum Gasteiger partial charge on any atom is -0.295 e. The predicted octanol–water partition coefficient (Wildman–Crippen LogP) is 3.42. The zero-order valence-corrected chi connectivity index (χ0v) is 16.1. The number of anilines is 1. The zero-order valence-electron chi connectivity index (χ0n) is 14.5. The number of rotatable bonds is 2. The molecule has 1 fully saturated rings. The van der Waals surface area contributed by atoms with Gasteiger partial charge in [0.1, 0.15) is 5.82 Å². The molecule has 0 spiro atoms. The summed E-state index contributed by atoms with van der Waals surface area (Å²) in [6, 6.07) is 11.3. The van der Waals surface area contributed by atoms with Gasteiger partial charge in [-0.15, -0.1) is 0 Å². The van der Waals surface area contributed by atoms with Gasteiger partial charge in [0, 0.05) is 14.1 Å². The minimum absolute atomic E-state index is 0.112. The second kappa shape index (κ2) is 6.47. The number of carbonyl (C=O) groups is 1. The lowest BCUT2D eigenvalue weighted by Gasteiger charge is -2.14. The van der Waals surface area contributed by atoms with Gasteiger partial charge in [-0.2, -0.15) is 0 Å². The fraction of sp³-hybridized carbons (Fsp3) is 0.105. The molecule has 27 heavy (non-hydrogen) atoms. The lowest BCUT2D eigenvalue weighted by atomic mass is 10.1. The fourth-order valence-electron chi connectivity index (χ4n) is 3.07. The van der Waals surface area contributed by atoms with Gasteiger partial charge in [-0.3, -0.25) is 18.8 Å². The number of halogens is 1. The molecule has 136 valence electrons. The van der Waals surface area contributed by atoms with Crippen molar-refractivity contribution < 1.29 is 9.18 Å². The van der Waals surface area contributed by atoms with E-state index >= 15 is 0 Å². The van der Waals surface area contributed by atoms with E-state index in [2.05, 4.69) is 0 Å². The van der Waals surface area contributed by atoms with Crippen LogP contribution in [0, 0.1) is 5.82 Å². The maximum Gasteiger partial charge on any atom is 0.328 e. The summed E-state index contributed by atoms with van der Waals surface area (Å²) in [6.07, 6.45) is 1.73. The summed E-state index contributed by atoms with van der Waals surface area (Å²) in [6.45, 7) is 0. The largest absolute Gasteiger partial charge is 0.328 e. The molecular formula is C19H14FN3O2S2. The first-order valence-corrected chi connectivity index (χ1v) is 9.28. The van der Waals surface area contributed by atoms with Crippen LogP contribution in [0.2, 0.25) is 0 Å². The van der Waals surface area contributed by atoms with Crippen LogP contribution in [0.25, 0.3) is 17.1 Å². The van der Waals surface area contributed by atoms with Crippen molar-refractivity contribution in [2.24, 2.45) is 14.1 Å². The fourth-order valence-corrected chi connectivity index (χ4v) is 4.37. The van der Waals surface area contributed by atoms with E-state index < -0.39 is 5.82 Å². The Balaban J connectivity index is 1.74. The van der Waals surface area contributed by atoms with Crippen LogP contribution in [-0.4, -0.2) is 19.4 Å². The number of aromatic nitrogens is 2. The predicted molar refractivity (Wildman–Crippen MR) is 110 cm³/mol. The average Bonchev–Trinajstić information content (AvgIpc) is 3.03. The molecule has 0 aliphatic carbocycles. The topological polar surface area (TPSA) is 47.2 Å². The van der Waals surface area contributed by atoms with E-state index in [9.17, 15) is 14.0 Å². The summed E-state index contributed by atoms with van der Waals surface area (Å²) in [5.74, 6) is -0.723. The molecule has 0 N–H and O–H groups in total. The van der Waals surface area contributed by atoms with Crippen molar-refractivity contribution in [3.8, 4) is 0 Å². The highest BCUT2D eigenvalue weighted by Gasteiger charge is 2.33. The number of carbonyl (C=O) groups excluding carboxylic acids is 1. The second-order valence-corrected chi connectivity index (χ2v) is 7.82. The summed E-state index contributed by atoms with van der Waals surface area (Å²) in [5.41, 5.74) is 2.66. The number of fused-ring (bicyclic) bond motifs is 1. The van der Waals surface area contributed by atoms with Crippen LogP contribution in [0.3, 0.4) is 0 Å². The first-order chi connectivity index (χ1) is 12.9. The smallest absolute Gasteiger partial charge is 0.295 e. The minimum atomic E-state index is -0.430. The van der Waals surface area contributed by atoms with E-state index in [0.717, 1.165) is 16.6 Å². The Kier molecular flexibility index (Phi) is 4.24. The molecule has 2 heterocycles. The highest BCUT2D eigenvalue weighted by Crippen LogP contribution is 2.36. The number of amides is 1. The standard InChI is InChI=1S/C19H14FN3O2S2/c1-21-14-7-6-11(8-15(14)22(2)18(21)25)9-16-17(24)23(19(26)27-16)13-5-3-4-12(20)10-13/h3-10H,1-2H3. The molecule has 0 radical (unpaired) electrons. The number of hydrogen-bond donors (Lipinski definition) is 0. The van der Waals surface area contributed by atoms with Crippen molar-refractivity contribution in [3.63, 3.8) is 0 Å². The van der Waals surface area contributed by atoms with Crippen LogP contribution in [0.4, 0.5) is 10.1 Å². The summed E-state index contributed by atoms with van der Waals surface area (Å²) < 4.78 is 17.0. The molecule has 1 aliphatic rings. The Hall–Kier alpha value is -2.71. The summed E-state index contributed by atoms with van der Waals surface area (Å²) >= 11 is 6.48. The quantitative estimate of drug-likeness (QED) is 0.489. The number of hydrogen-bond acceptors (Lipinski definition) is 4.